The number of methoxy groups -OCH3 is 1. The molecule has 0 bridgehead atoms. The van der Waals surface area contributed by atoms with Crippen molar-refractivity contribution in [3.63, 3.8) is 0 Å². The third-order valence-electron chi connectivity index (χ3n) is 5.69. The Bertz CT molecular complexity index is 1220. The van der Waals surface area contributed by atoms with Crippen molar-refractivity contribution in [1.82, 2.24) is 4.90 Å². The van der Waals surface area contributed by atoms with E-state index >= 15 is 0 Å². The fraction of sp³-hybridized carbons (Fsp3) is 0.160. The van der Waals surface area contributed by atoms with Gasteiger partial charge in [0.25, 0.3) is 5.91 Å². The molecular weight excluding hydrogens is 430 g/mol. The molecule has 0 aliphatic carbocycles. The summed E-state index contributed by atoms with van der Waals surface area (Å²) in [5.74, 6) is 1.24. The van der Waals surface area contributed by atoms with Gasteiger partial charge in [-0.2, -0.15) is 0 Å². The second-order valence-corrected chi connectivity index (χ2v) is 7.94. The number of hydrogen-bond acceptors (Lipinski definition) is 5. The Morgan fingerprint density at radius 2 is 1.81 bits per heavy atom. The van der Waals surface area contributed by atoms with Crippen molar-refractivity contribution >= 4 is 23.1 Å². The maximum Gasteiger partial charge on any atom is 0.290 e. The molecule has 3 aromatic rings. The summed E-state index contributed by atoms with van der Waals surface area (Å²) in [5.41, 5.74) is 2.81. The third-order valence-corrected chi connectivity index (χ3v) is 6.04. The van der Waals surface area contributed by atoms with Crippen molar-refractivity contribution in [3.8, 4) is 17.2 Å². The molecule has 0 spiro atoms. The molecule has 3 aromatic carbocycles. The standard InChI is InChI=1S/C25H20ClNO5/c1-30-17-9-7-16(8-10-17)22-23(18-4-2-3-5-19(18)26)27(25(29)24(22)28)13-15-6-11-20-21(12-15)32-14-31-20/h2-12,23,28H,13-14H2,1H3. The highest BCUT2D eigenvalue weighted by molar-refractivity contribution is 6.31. The Labute approximate surface area is 190 Å². The summed E-state index contributed by atoms with van der Waals surface area (Å²) < 4.78 is 16.1. The van der Waals surface area contributed by atoms with Crippen LogP contribution in [0.5, 0.6) is 17.2 Å². The molecule has 162 valence electrons. The van der Waals surface area contributed by atoms with Crippen LogP contribution in [0.2, 0.25) is 5.02 Å². The molecular formula is C25H20ClNO5. The summed E-state index contributed by atoms with van der Waals surface area (Å²) in [4.78, 5) is 14.9. The topological polar surface area (TPSA) is 68.2 Å². The van der Waals surface area contributed by atoms with Gasteiger partial charge >= 0.3 is 0 Å². The van der Waals surface area contributed by atoms with Gasteiger partial charge in [0.2, 0.25) is 6.79 Å². The van der Waals surface area contributed by atoms with E-state index in [2.05, 4.69) is 0 Å². The summed E-state index contributed by atoms with van der Waals surface area (Å²) in [7, 11) is 1.59. The molecule has 1 N–H and O–H groups in total. The first-order chi connectivity index (χ1) is 15.6. The predicted molar refractivity (Wildman–Crippen MR) is 120 cm³/mol. The predicted octanol–water partition coefficient (Wildman–Crippen LogP) is 5.13. The minimum Gasteiger partial charge on any atom is -0.503 e. The fourth-order valence-corrected chi connectivity index (χ4v) is 4.38. The molecule has 0 aromatic heterocycles. The summed E-state index contributed by atoms with van der Waals surface area (Å²) in [6.45, 7) is 0.433. The Kier molecular flexibility index (Phi) is 5.15. The smallest absolute Gasteiger partial charge is 0.290 e. The zero-order chi connectivity index (χ0) is 22.2. The average molecular weight is 450 g/mol. The van der Waals surface area contributed by atoms with Gasteiger partial charge in [0.05, 0.1) is 13.2 Å². The minimum absolute atomic E-state index is 0.174. The van der Waals surface area contributed by atoms with Crippen LogP contribution in [0.15, 0.2) is 72.5 Å². The van der Waals surface area contributed by atoms with Gasteiger partial charge < -0.3 is 24.2 Å². The van der Waals surface area contributed by atoms with Crippen LogP contribution in [0, 0.1) is 0 Å². The lowest BCUT2D eigenvalue weighted by Gasteiger charge is -2.28. The fourth-order valence-electron chi connectivity index (χ4n) is 4.14. The molecule has 0 fully saturated rings. The van der Waals surface area contributed by atoms with Crippen molar-refractivity contribution in [3.05, 3.63) is 94.2 Å². The molecule has 0 radical (unpaired) electrons. The Morgan fingerprint density at radius 3 is 2.56 bits per heavy atom. The van der Waals surface area contributed by atoms with Crippen LogP contribution in [0.25, 0.3) is 5.57 Å². The maximum absolute atomic E-state index is 13.2. The molecule has 1 unspecified atom stereocenters. The van der Waals surface area contributed by atoms with Crippen LogP contribution in [0.3, 0.4) is 0 Å². The molecule has 5 rings (SSSR count). The molecule has 32 heavy (non-hydrogen) atoms. The first kappa shape index (κ1) is 20.3. The molecule has 0 saturated carbocycles. The number of benzene rings is 3. The number of aliphatic hydroxyl groups excluding tert-OH is 1. The monoisotopic (exact) mass is 449 g/mol. The second kappa shape index (κ2) is 8.13. The van der Waals surface area contributed by atoms with E-state index in [1.807, 2.05) is 48.5 Å². The van der Waals surface area contributed by atoms with Gasteiger partial charge in [-0.1, -0.05) is 48.0 Å². The van der Waals surface area contributed by atoms with Crippen LogP contribution in [0.1, 0.15) is 22.7 Å². The van der Waals surface area contributed by atoms with Crippen molar-refractivity contribution in [2.24, 2.45) is 0 Å². The normalized spacial score (nSPS) is 17.2. The lowest BCUT2D eigenvalue weighted by atomic mass is 9.93. The van der Waals surface area contributed by atoms with E-state index in [1.165, 1.54) is 0 Å². The quantitative estimate of drug-likeness (QED) is 0.584. The van der Waals surface area contributed by atoms with Gasteiger partial charge in [-0.15, -0.1) is 0 Å². The van der Waals surface area contributed by atoms with Gasteiger partial charge in [-0.05, 0) is 47.0 Å². The van der Waals surface area contributed by atoms with Gasteiger partial charge in [-0.25, -0.2) is 0 Å². The van der Waals surface area contributed by atoms with Gasteiger partial charge in [0.1, 0.15) is 5.75 Å². The summed E-state index contributed by atoms with van der Waals surface area (Å²) >= 11 is 6.55. The molecule has 6 nitrogen and oxygen atoms in total. The van der Waals surface area contributed by atoms with Crippen molar-refractivity contribution in [2.45, 2.75) is 12.6 Å². The molecule has 2 aliphatic heterocycles. The van der Waals surface area contributed by atoms with E-state index in [-0.39, 0.29) is 19.1 Å². The van der Waals surface area contributed by atoms with Gasteiger partial charge in [0.15, 0.2) is 17.3 Å². The lowest BCUT2D eigenvalue weighted by molar-refractivity contribution is -0.130. The number of nitrogens with zero attached hydrogens (tertiary/aromatic N) is 1. The summed E-state index contributed by atoms with van der Waals surface area (Å²) in [6, 6.07) is 19.6. The lowest BCUT2D eigenvalue weighted by Crippen LogP contribution is -2.30. The van der Waals surface area contributed by atoms with Crippen LogP contribution >= 0.6 is 11.6 Å². The number of hydrogen-bond donors (Lipinski definition) is 1. The highest BCUT2D eigenvalue weighted by Crippen LogP contribution is 2.46. The molecule has 1 atom stereocenters. The molecule has 7 heteroatoms. The number of carbonyl (C=O) groups is 1. The number of fused-ring (bicyclic) bond motifs is 1. The second-order valence-electron chi connectivity index (χ2n) is 7.54. The Balaban J connectivity index is 1.58. The zero-order valence-electron chi connectivity index (χ0n) is 17.2. The molecule has 1 amide bonds. The number of carbonyl (C=O) groups excluding carboxylic acids is 1. The minimum atomic E-state index is -0.560. The number of ether oxygens (including phenoxy) is 3. The average Bonchev–Trinajstić information content (AvgIpc) is 3.37. The van der Waals surface area contributed by atoms with Crippen LogP contribution < -0.4 is 14.2 Å². The Hall–Kier alpha value is -3.64. The highest BCUT2D eigenvalue weighted by Gasteiger charge is 2.41. The zero-order valence-corrected chi connectivity index (χ0v) is 18.0. The van der Waals surface area contributed by atoms with Crippen LogP contribution in [-0.2, 0) is 11.3 Å². The van der Waals surface area contributed by atoms with E-state index in [0.717, 1.165) is 16.7 Å². The summed E-state index contributed by atoms with van der Waals surface area (Å²) in [5, 5.41) is 11.4. The van der Waals surface area contributed by atoms with E-state index < -0.39 is 11.9 Å². The molecule has 2 aliphatic rings. The van der Waals surface area contributed by atoms with E-state index in [4.69, 9.17) is 25.8 Å². The summed E-state index contributed by atoms with van der Waals surface area (Å²) in [6.07, 6.45) is 0. The first-order valence-corrected chi connectivity index (χ1v) is 10.5. The largest absolute Gasteiger partial charge is 0.503 e. The van der Waals surface area contributed by atoms with E-state index in [9.17, 15) is 9.90 Å². The highest BCUT2D eigenvalue weighted by atomic mass is 35.5. The van der Waals surface area contributed by atoms with E-state index in [1.54, 1.807) is 30.2 Å². The number of aliphatic hydroxyl groups is 1. The van der Waals surface area contributed by atoms with Gasteiger partial charge in [0, 0.05) is 17.1 Å². The number of amides is 1. The number of halogens is 1. The first-order valence-electron chi connectivity index (χ1n) is 10.1. The number of rotatable bonds is 5. The molecule has 0 saturated heterocycles. The van der Waals surface area contributed by atoms with Crippen LogP contribution in [0.4, 0.5) is 0 Å². The third kappa shape index (κ3) is 3.42. The van der Waals surface area contributed by atoms with Crippen LogP contribution in [-0.4, -0.2) is 29.8 Å². The van der Waals surface area contributed by atoms with Crippen molar-refractivity contribution in [1.29, 1.82) is 0 Å². The van der Waals surface area contributed by atoms with Crippen molar-refractivity contribution in [2.75, 3.05) is 13.9 Å². The van der Waals surface area contributed by atoms with Crippen molar-refractivity contribution < 1.29 is 24.1 Å². The van der Waals surface area contributed by atoms with E-state index in [0.29, 0.717) is 27.8 Å². The van der Waals surface area contributed by atoms with Gasteiger partial charge in [-0.3, -0.25) is 4.79 Å². The molecule has 2 heterocycles. The SMILES string of the molecule is COc1ccc(C2=C(O)C(=O)N(Cc3ccc4c(c3)OCO4)C2c2ccccc2Cl)cc1. The Morgan fingerprint density at radius 1 is 1.06 bits per heavy atom. The maximum atomic E-state index is 13.2.